The largest absolute Gasteiger partial charge is 0.465 e. The maximum Gasteiger partial charge on any atom is 0.337 e. The summed E-state index contributed by atoms with van der Waals surface area (Å²) in [7, 11) is 6.00. The predicted octanol–water partition coefficient (Wildman–Crippen LogP) is 5.98. The van der Waals surface area contributed by atoms with Gasteiger partial charge < -0.3 is 19.3 Å². The summed E-state index contributed by atoms with van der Waals surface area (Å²) in [5.74, 6) is -1.29. The lowest BCUT2D eigenvalue weighted by Gasteiger charge is -2.20. The molecular weight excluding hydrogens is 532 g/mol. The number of carbonyl (C=O) groups excluding carboxylic acids is 4. The fraction of sp³-hybridized carbons (Fsp3) is 0.118. The molecule has 0 atom stereocenters. The summed E-state index contributed by atoms with van der Waals surface area (Å²) in [5.41, 5.74) is 4.98. The van der Waals surface area contributed by atoms with Gasteiger partial charge in [-0.1, -0.05) is 36.4 Å². The van der Waals surface area contributed by atoms with Crippen LogP contribution in [-0.4, -0.2) is 52.1 Å². The lowest BCUT2D eigenvalue weighted by molar-refractivity contribution is 0.0592. The van der Waals surface area contributed by atoms with E-state index in [1.807, 2.05) is 48.6 Å². The van der Waals surface area contributed by atoms with E-state index in [1.54, 1.807) is 79.7 Å². The molecule has 0 radical (unpaired) electrons. The zero-order valence-corrected chi connectivity index (χ0v) is 23.7. The quantitative estimate of drug-likeness (QED) is 0.194. The number of ether oxygens (including phenoxy) is 2. The Hall–Kier alpha value is -5.50. The molecule has 42 heavy (non-hydrogen) atoms. The zero-order valence-electron chi connectivity index (χ0n) is 23.7. The van der Waals surface area contributed by atoms with Crippen molar-refractivity contribution in [1.82, 2.24) is 0 Å². The Labute approximate surface area is 244 Å². The molecule has 0 unspecified atom stereocenters. The standard InChI is InChI=1S/C34H30N2O6/c1-35(29-19-9-24(10-20-29)6-5-23-7-11-27(12-8-23)33(39)41-3)32(38)26-17-21-30(22-18-26)36(2)31(37)25-13-15-28(16-14-25)34(40)42-4/h5-22H,1-4H3/b6-5+. The van der Waals surface area contributed by atoms with Crippen molar-refractivity contribution in [3.63, 3.8) is 0 Å². The fourth-order valence-electron chi connectivity index (χ4n) is 4.17. The number of carbonyl (C=O) groups is 4. The van der Waals surface area contributed by atoms with Crippen LogP contribution in [0.3, 0.4) is 0 Å². The predicted molar refractivity (Wildman–Crippen MR) is 163 cm³/mol. The Morgan fingerprint density at radius 1 is 0.476 bits per heavy atom. The Kier molecular flexibility index (Phi) is 9.29. The Balaban J connectivity index is 1.38. The zero-order chi connectivity index (χ0) is 30.2. The molecule has 0 saturated carbocycles. The Morgan fingerprint density at radius 3 is 1.14 bits per heavy atom. The third-order valence-electron chi connectivity index (χ3n) is 6.74. The summed E-state index contributed by atoms with van der Waals surface area (Å²) in [6, 6.07) is 27.7. The van der Waals surface area contributed by atoms with E-state index < -0.39 is 5.97 Å². The van der Waals surface area contributed by atoms with E-state index in [9.17, 15) is 19.2 Å². The van der Waals surface area contributed by atoms with Crippen LogP contribution in [0, 0.1) is 0 Å². The third-order valence-corrected chi connectivity index (χ3v) is 6.74. The van der Waals surface area contributed by atoms with Gasteiger partial charge in [-0.15, -0.1) is 0 Å². The second-order valence-electron chi connectivity index (χ2n) is 9.38. The second-order valence-corrected chi connectivity index (χ2v) is 9.38. The lowest BCUT2D eigenvalue weighted by Crippen LogP contribution is -2.27. The average molecular weight is 563 g/mol. The summed E-state index contributed by atoms with van der Waals surface area (Å²) in [6.07, 6.45) is 3.88. The van der Waals surface area contributed by atoms with Gasteiger partial charge in [0, 0.05) is 36.6 Å². The van der Waals surface area contributed by atoms with E-state index in [-0.39, 0.29) is 17.8 Å². The lowest BCUT2D eigenvalue weighted by atomic mass is 10.1. The molecule has 0 bridgehead atoms. The van der Waals surface area contributed by atoms with Crippen LogP contribution in [0.15, 0.2) is 97.1 Å². The minimum Gasteiger partial charge on any atom is -0.465 e. The van der Waals surface area contributed by atoms with E-state index in [2.05, 4.69) is 0 Å². The first-order chi connectivity index (χ1) is 20.2. The molecule has 0 aliphatic heterocycles. The SMILES string of the molecule is COC(=O)c1ccc(/C=C/c2ccc(N(C)C(=O)c3ccc(N(C)C(=O)c4ccc(C(=O)OC)cc4)cc3)cc2)cc1. The van der Waals surface area contributed by atoms with Crippen LogP contribution in [0.1, 0.15) is 52.6 Å². The van der Waals surface area contributed by atoms with Crippen LogP contribution >= 0.6 is 0 Å². The van der Waals surface area contributed by atoms with Gasteiger partial charge in [-0.25, -0.2) is 9.59 Å². The molecule has 2 amide bonds. The van der Waals surface area contributed by atoms with E-state index >= 15 is 0 Å². The average Bonchev–Trinajstić information content (AvgIpc) is 3.05. The summed E-state index contributed by atoms with van der Waals surface area (Å²) >= 11 is 0. The molecule has 212 valence electrons. The van der Waals surface area contributed by atoms with Crippen molar-refractivity contribution in [1.29, 1.82) is 0 Å². The minimum atomic E-state index is -0.471. The number of anilines is 2. The van der Waals surface area contributed by atoms with Crippen molar-refractivity contribution in [2.75, 3.05) is 38.1 Å². The molecule has 0 spiro atoms. The smallest absolute Gasteiger partial charge is 0.337 e. The number of amides is 2. The summed E-state index contributed by atoms with van der Waals surface area (Å²) in [4.78, 5) is 52.3. The van der Waals surface area contributed by atoms with Gasteiger partial charge in [0.2, 0.25) is 0 Å². The highest BCUT2D eigenvalue weighted by Crippen LogP contribution is 2.21. The van der Waals surface area contributed by atoms with Gasteiger partial charge in [-0.05, 0) is 83.9 Å². The van der Waals surface area contributed by atoms with Crippen molar-refractivity contribution in [2.45, 2.75) is 0 Å². The van der Waals surface area contributed by atoms with Gasteiger partial charge >= 0.3 is 11.9 Å². The highest BCUT2D eigenvalue weighted by molar-refractivity contribution is 6.08. The first kappa shape index (κ1) is 29.5. The van der Waals surface area contributed by atoms with Crippen molar-refractivity contribution in [2.24, 2.45) is 0 Å². The number of hydrogen-bond acceptors (Lipinski definition) is 6. The number of nitrogens with zero attached hydrogens (tertiary/aromatic N) is 2. The van der Waals surface area contributed by atoms with Gasteiger partial charge in [0.15, 0.2) is 0 Å². The van der Waals surface area contributed by atoms with Gasteiger partial charge in [0.1, 0.15) is 0 Å². The van der Waals surface area contributed by atoms with E-state index in [4.69, 9.17) is 9.47 Å². The van der Waals surface area contributed by atoms with Gasteiger partial charge in [-0.2, -0.15) is 0 Å². The molecule has 8 heteroatoms. The third kappa shape index (κ3) is 6.79. The molecule has 8 nitrogen and oxygen atoms in total. The molecule has 4 aromatic rings. The summed E-state index contributed by atoms with van der Waals surface area (Å²) < 4.78 is 9.41. The molecule has 0 heterocycles. The van der Waals surface area contributed by atoms with Crippen LogP contribution in [0.5, 0.6) is 0 Å². The molecule has 0 aliphatic carbocycles. The number of esters is 2. The monoisotopic (exact) mass is 562 g/mol. The topological polar surface area (TPSA) is 93.2 Å². The van der Waals surface area contributed by atoms with Crippen LogP contribution in [-0.2, 0) is 9.47 Å². The molecular formula is C34H30N2O6. The maximum absolute atomic E-state index is 13.1. The molecule has 0 aromatic heterocycles. The molecule has 0 fully saturated rings. The van der Waals surface area contributed by atoms with Crippen LogP contribution in [0.2, 0.25) is 0 Å². The molecule has 0 saturated heterocycles. The van der Waals surface area contributed by atoms with E-state index in [0.717, 1.165) is 16.8 Å². The highest BCUT2D eigenvalue weighted by atomic mass is 16.5. The number of rotatable bonds is 8. The second kappa shape index (κ2) is 13.2. The van der Waals surface area contributed by atoms with Gasteiger partial charge in [0.25, 0.3) is 11.8 Å². The Morgan fingerprint density at radius 2 is 0.762 bits per heavy atom. The van der Waals surface area contributed by atoms with E-state index in [0.29, 0.717) is 27.9 Å². The molecule has 0 aliphatic rings. The van der Waals surface area contributed by atoms with Crippen molar-refractivity contribution < 1.29 is 28.7 Å². The van der Waals surface area contributed by atoms with Crippen LogP contribution in [0.4, 0.5) is 11.4 Å². The summed E-state index contributed by atoms with van der Waals surface area (Å²) in [6.45, 7) is 0. The first-order valence-corrected chi connectivity index (χ1v) is 13.0. The highest BCUT2D eigenvalue weighted by Gasteiger charge is 2.17. The number of methoxy groups -OCH3 is 2. The number of benzene rings is 4. The molecule has 0 N–H and O–H groups in total. The minimum absolute atomic E-state index is 0.192. The van der Waals surface area contributed by atoms with Crippen LogP contribution in [0.25, 0.3) is 12.2 Å². The normalized spacial score (nSPS) is 10.7. The van der Waals surface area contributed by atoms with Gasteiger partial charge in [-0.3, -0.25) is 9.59 Å². The van der Waals surface area contributed by atoms with E-state index in [1.165, 1.54) is 19.1 Å². The summed E-state index contributed by atoms with van der Waals surface area (Å²) in [5, 5.41) is 0. The van der Waals surface area contributed by atoms with Crippen molar-refractivity contribution in [3.8, 4) is 0 Å². The molecule has 4 rings (SSSR count). The number of hydrogen-bond donors (Lipinski definition) is 0. The first-order valence-electron chi connectivity index (χ1n) is 13.0. The van der Waals surface area contributed by atoms with Crippen LogP contribution < -0.4 is 9.80 Å². The van der Waals surface area contributed by atoms with Crippen molar-refractivity contribution in [3.05, 3.63) is 130 Å². The maximum atomic E-state index is 13.1. The van der Waals surface area contributed by atoms with Gasteiger partial charge in [0.05, 0.1) is 25.3 Å². The van der Waals surface area contributed by atoms with Crippen molar-refractivity contribution >= 4 is 47.3 Å². The molecule has 4 aromatic carbocycles. The fourth-order valence-corrected chi connectivity index (χ4v) is 4.17. The Bertz CT molecular complexity index is 1610.